The molecule has 0 unspecified atom stereocenters. The van der Waals surface area contributed by atoms with Gasteiger partial charge in [-0.1, -0.05) is 30.3 Å². The molecule has 0 aromatic heterocycles. The summed E-state index contributed by atoms with van der Waals surface area (Å²) < 4.78 is 10.4. The van der Waals surface area contributed by atoms with Crippen LogP contribution in [0.5, 0.6) is 11.5 Å². The Morgan fingerprint density at radius 1 is 1.23 bits per heavy atom. The van der Waals surface area contributed by atoms with Crippen LogP contribution in [0, 0.1) is 10.1 Å². The molecule has 0 amide bonds. The van der Waals surface area contributed by atoms with Crippen LogP contribution in [0.3, 0.4) is 0 Å². The summed E-state index contributed by atoms with van der Waals surface area (Å²) in [5.41, 5.74) is 0.119. The number of benzene rings is 2. The fourth-order valence-electron chi connectivity index (χ4n) is 1.88. The summed E-state index contributed by atoms with van der Waals surface area (Å²) in [7, 11) is 1.29. The van der Waals surface area contributed by atoms with Crippen molar-refractivity contribution in [3.8, 4) is 11.5 Å². The molecule has 0 radical (unpaired) electrons. The fraction of sp³-hybridized carbons (Fsp3) is 0.133. The third-order valence-electron chi connectivity index (χ3n) is 2.95. The van der Waals surface area contributed by atoms with E-state index in [2.05, 4.69) is 0 Å². The second-order valence-corrected chi connectivity index (χ2v) is 4.36. The van der Waals surface area contributed by atoms with Crippen LogP contribution in [0.4, 0.5) is 5.69 Å². The summed E-state index contributed by atoms with van der Waals surface area (Å²) in [4.78, 5) is 21.5. The van der Waals surface area contributed by atoms with Gasteiger partial charge in [0.25, 0.3) is 0 Å². The quantitative estimate of drug-likeness (QED) is 0.650. The van der Waals surface area contributed by atoms with Crippen molar-refractivity contribution in [3.05, 3.63) is 63.7 Å². The van der Waals surface area contributed by atoms with Crippen molar-refractivity contribution < 1.29 is 24.3 Å². The number of nitrogens with zero attached hydrogens (tertiary/aromatic N) is 1. The first-order chi connectivity index (χ1) is 10.5. The number of carboxylic acid groups (broad SMARTS) is 1. The van der Waals surface area contributed by atoms with Crippen LogP contribution in [0.2, 0.25) is 0 Å². The summed E-state index contributed by atoms with van der Waals surface area (Å²) in [6.45, 7) is 0.122. The van der Waals surface area contributed by atoms with Gasteiger partial charge in [0.15, 0.2) is 0 Å². The van der Waals surface area contributed by atoms with Gasteiger partial charge >= 0.3 is 11.7 Å². The Balaban J connectivity index is 2.36. The van der Waals surface area contributed by atoms with E-state index in [9.17, 15) is 14.9 Å². The highest BCUT2D eigenvalue weighted by Crippen LogP contribution is 2.35. The first-order valence-corrected chi connectivity index (χ1v) is 6.29. The standard InChI is InChI=1S/C15H13NO6/c1-21-13-8-14(22-9-10-5-3-2-4-6-10)12(16(19)20)7-11(13)15(17)18/h2-8H,9H2,1H3,(H,17,18). The number of aromatic carboxylic acids is 1. The Labute approximate surface area is 125 Å². The minimum absolute atomic E-state index is 0.00108. The Kier molecular flexibility index (Phi) is 4.57. The van der Waals surface area contributed by atoms with Crippen molar-refractivity contribution in [2.24, 2.45) is 0 Å². The number of rotatable bonds is 6. The van der Waals surface area contributed by atoms with Crippen LogP contribution in [0.1, 0.15) is 15.9 Å². The molecule has 1 N–H and O–H groups in total. The van der Waals surface area contributed by atoms with Gasteiger partial charge in [-0.05, 0) is 5.56 Å². The van der Waals surface area contributed by atoms with Crippen LogP contribution in [-0.2, 0) is 6.61 Å². The molecule has 2 aromatic carbocycles. The molecule has 0 spiro atoms. The van der Waals surface area contributed by atoms with E-state index in [1.165, 1.54) is 13.2 Å². The molecule has 0 saturated carbocycles. The van der Waals surface area contributed by atoms with E-state index in [1.807, 2.05) is 30.3 Å². The van der Waals surface area contributed by atoms with Gasteiger partial charge in [0, 0.05) is 12.1 Å². The number of methoxy groups -OCH3 is 1. The topological polar surface area (TPSA) is 98.9 Å². The highest BCUT2D eigenvalue weighted by molar-refractivity contribution is 5.92. The van der Waals surface area contributed by atoms with Gasteiger partial charge in [-0.15, -0.1) is 0 Å². The van der Waals surface area contributed by atoms with E-state index in [0.29, 0.717) is 0 Å². The van der Waals surface area contributed by atoms with E-state index < -0.39 is 16.6 Å². The molecule has 22 heavy (non-hydrogen) atoms. The molecule has 0 atom stereocenters. The molecule has 0 bridgehead atoms. The molecule has 0 aliphatic carbocycles. The molecule has 0 saturated heterocycles. The predicted molar refractivity (Wildman–Crippen MR) is 77.4 cm³/mol. The van der Waals surface area contributed by atoms with Gasteiger partial charge in [-0.25, -0.2) is 4.79 Å². The molecule has 2 aromatic rings. The SMILES string of the molecule is COc1cc(OCc2ccccc2)c([N+](=O)[O-])cc1C(=O)O. The average Bonchev–Trinajstić information content (AvgIpc) is 2.52. The molecule has 0 fully saturated rings. The van der Waals surface area contributed by atoms with Gasteiger partial charge in [-0.3, -0.25) is 10.1 Å². The number of carboxylic acids is 1. The number of hydrogen-bond acceptors (Lipinski definition) is 5. The molecular weight excluding hydrogens is 290 g/mol. The minimum Gasteiger partial charge on any atom is -0.496 e. The average molecular weight is 303 g/mol. The van der Waals surface area contributed by atoms with Crippen molar-refractivity contribution in [1.29, 1.82) is 0 Å². The van der Waals surface area contributed by atoms with E-state index >= 15 is 0 Å². The third-order valence-corrected chi connectivity index (χ3v) is 2.95. The summed E-state index contributed by atoms with van der Waals surface area (Å²) in [5.74, 6) is -1.36. The zero-order valence-electron chi connectivity index (χ0n) is 11.7. The van der Waals surface area contributed by atoms with E-state index in [1.54, 1.807) is 0 Å². The van der Waals surface area contributed by atoms with Crippen LogP contribution < -0.4 is 9.47 Å². The largest absolute Gasteiger partial charge is 0.496 e. The molecule has 2 rings (SSSR count). The molecule has 7 nitrogen and oxygen atoms in total. The molecular formula is C15H13NO6. The summed E-state index contributed by atoms with van der Waals surface area (Å²) in [5, 5.41) is 20.2. The van der Waals surface area contributed by atoms with E-state index in [4.69, 9.17) is 14.6 Å². The van der Waals surface area contributed by atoms with Gasteiger partial charge in [0.1, 0.15) is 17.9 Å². The lowest BCUT2D eigenvalue weighted by Gasteiger charge is -2.10. The second-order valence-electron chi connectivity index (χ2n) is 4.36. The van der Waals surface area contributed by atoms with Gasteiger partial charge < -0.3 is 14.6 Å². The van der Waals surface area contributed by atoms with Crippen molar-refractivity contribution in [1.82, 2.24) is 0 Å². The molecule has 7 heteroatoms. The highest BCUT2D eigenvalue weighted by atomic mass is 16.6. The monoisotopic (exact) mass is 303 g/mol. The molecule has 0 aliphatic heterocycles. The zero-order chi connectivity index (χ0) is 16.1. The number of nitro groups is 1. The second kappa shape index (κ2) is 6.57. The van der Waals surface area contributed by atoms with Crippen LogP contribution >= 0.6 is 0 Å². The van der Waals surface area contributed by atoms with Crippen molar-refractivity contribution in [2.45, 2.75) is 6.61 Å². The maximum atomic E-state index is 11.1. The number of nitro benzene ring substituents is 1. The van der Waals surface area contributed by atoms with Crippen molar-refractivity contribution >= 4 is 11.7 Å². The van der Waals surface area contributed by atoms with E-state index in [0.717, 1.165) is 11.6 Å². The lowest BCUT2D eigenvalue weighted by molar-refractivity contribution is -0.386. The lowest BCUT2D eigenvalue weighted by Crippen LogP contribution is -2.05. The Bertz CT molecular complexity index is 699. The first-order valence-electron chi connectivity index (χ1n) is 6.29. The highest BCUT2D eigenvalue weighted by Gasteiger charge is 2.23. The number of ether oxygens (including phenoxy) is 2. The van der Waals surface area contributed by atoms with E-state index in [-0.39, 0.29) is 23.7 Å². The maximum absolute atomic E-state index is 11.1. The van der Waals surface area contributed by atoms with Crippen LogP contribution in [0.25, 0.3) is 0 Å². The van der Waals surface area contributed by atoms with Crippen molar-refractivity contribution in [3.63, 3.8) is 0 Å². The molecule has 0 aliphatic rings. The Morgan fingerprint density at radius 2 is 1.91 bits per heavy atom. The number of carbonyl (C=O) groups is 1. The van der Waals surface area contributed by atoms with Gasteiger partial charge in [0.05, 0.1) is 12.0 Å². The third kappa shape index (κ3) is 3.32. The summed E-state index contributed by atoms with van der Waals surface area (Å²) in [6, 6.07) is 11.3. The lowest BCUT2D eigenvalue weighted by atomic mass is 10.1. The first kappa shape index (κ1) is 15.3. The normalized spacial score (nSPS) is 10.0. The Morgan fingerprint density at radius 3 is 2.45 bits per heavy atom. The smallest absolute Gasteiger partial charge is 0.339 e. The zero-order valence-corrected chi connectivity index (χ0v) is 11.7. The van der Waals surface area contributed by atoms with Crippen LogP contribution in [0.15, 0.2) is 42.5 Å². The summed E-state index contributed by atoms with van der Waals surface area (Å²) in [6.07, 6.45) is 0. The van der Waals surface area contributed by atoms with Crippen molar-refractivity contribution in [2.75, 3.05) is 7.11 Å². The Hall–Kier alpha value is -3.09. The van der Waals surface area contributed by atoms with Gasteiger partial charge in [-0.2, -0.15) is 0 Å². The molecule has 0 heterocycles. The van der Waals surface area contributed by atoms with Gasteiger partial charge in [0.2, 0.25) is 5.75 Å². The fourth-order valence-corrected chi connectivity index (χ4v) is 1.88. The molecule has 114 valence electrons. The minimum atomic E-state index is -1.31. The van der Waals surface area contributed by atoms with Crippen LogP contribution in [-0.4, -0.2) is 23.1 Å². The number of hydrogen-bond donors (Lipinski definition) is 1. The predicted octanol–water partition coefficient (Wildman–Crippen LogP) is 2.88. The maximum Gasteiger partial charge on any atom is 0.339 e. The summed E-state index contributed by atoms with van der Waals surface area (Å²) >= 11 is 0.